The third kappa shape index (κ3) is 5.68. The van der Waals surface area contributed by atoms with Crippen LogP contribution in [-0.4, -0.2) is 66.1 Å². The highest BCUT2D eigenvalue weighted by Gasteiger charge is 2.28. The Morgan fingerprint density at radius 1 is 1.04 bits per heavy atom. The number of methoxy groups -OCH3 is 1. The number of carbonyl (C=O) groups excluding carboxylic acids is 1. The van der Waals surface area contributed by atoms with Gasteiger partial charge in [-0.2, -0.15) is 0 Å². The molecular formula is C35H33FN4O3S2. The van der Waals surface area contributed by atoms with Gasteiger partial charge in [-0.25, -0.2) is 14.4 Å². The standard InChI is InChI=1S/C35H33FN4O3S2/c1-4-30(41)40-13-10-27-29(20-40)45-35(37-27)33-31(25-8-7-24(36)18-28(25)43-15-14-42-3)34-26(11-16-44-34)32(38-33)22-5-6-23-19-39(2)12-9-21(23)17-22/h4-8,11,16-18H,1,9-10,12-15,19-20H2,2-3H3. The molecule has 0 radical (unpaired) electrons. The maximum absolute atomic E-state index is 14.6. The number of thiophene rings is 1. The van der Waals surface area contributed by atoms with Crippen molar-refractivity contribution in [2.45, 2.75) is 25.9 Å². The summed E-state index contributed by atoms with van der Waals surface area (Å²) in [6, 6.07) is 13.4. The van der Waals surface area contributed by atoms with Crippen LogP contribution in [0.3, 0.4) is 0 Å². The van der Waals surface area contributed by atoms with E-state index < -0.39 is 0 Å². The molecule has 5 heterocycles. The molecule has 0 fully saturated rings. The summed E-state index contributed by atoms with van der Waals surface area (Å²) >= 11 is 3.19. The van der Waals surface area contributed by atoms with Crippen LogP contribution in [0.15, 0.2) is 60.5 Å². The molecule has 3 aromatic heterocycles. The fourth-order valence-corrected chi connectivity index (χ4v) is 8.24. The monoisotopic (exact) mass is 640 g/mol. The van der Waals surface area contributed by atoms with E-state index in [1.807, 2.05) is 0 Å². The molecule has 7 nitrogen and oxygen atoms in total. The first-order valence-corrected chi connectivity index (χ1v) is 16.7. The van der Waals surface area contributed by atoms with Gasteiger partial charge in [0.25, 0.3) is 0 Å². The summed E-state index contributed by atoms with van der Waals surface area (Å²) < 4.78 is 26.9. The highest BCUT2D eigenvalue weighted by molar-refractivity contribution is 7.18. The van der Waals surface area contributed by atoms with Crippen LogP contribution < -0.4 is 4.74 Å². The van der Waals surface area contributed by atoms with E-state index in [4.69, 9.17) is 19.4 Å². The van der Waals surface area contributed by atoms with Crippen molar-refractivity contribution in [1.29, 1.82) is 0 Å². The van der Waals surface area contributed by atoms with E-state index in [1.165, 1.54) is 29.3 Å². The highest BCUT2D eigenvalue weighted by atomic mass is 32.1. The van der Waals surface area contributed by atoms with Crippen molar-refractivity contribution in [3.05, 3.63) is 88.0 Å². The number of thiazole rings is 1. The van der Waals surface area contributed by atoms with Gasteiger partial charge in [-0.3, -0.25) is 4.79 Å². The zero-order chi connectivity index (χ0) is 31.1. The Hall–Kier alpha value is -3.96. The molecule has 2 aromatic carbocycles. The van der Waals surface area contributed by atoms with Gasteiger partial charge in [0.15, 0.2) is 0 Å². The van der Waals surface area contributed by atoms with E-state index in [9.17, 15) is 9.18 Å². The third-order valence-corrected chi connectivity index (χ3v) is 10.5. The van der Waals surface area contributed by atoms with Crippen LogP contribution in [0.5, 0.6) is 5.75 Å². The number of nitrogens with zero attached hydrogens (tertiary/aromatic N) is 4. The quantitative estimate of drug-likeness (QED) is 0.135. The number of likely N-dealkylation sites (N-methyl/N-ethyl adjacent to an activating group) is 1. The van der Waals surface area contributed by atoms with Gasteiger partial charge in [-0.15, -0.1) is 22.7 Å². The minimum Gasteiger partial charge on any atom is -0.490 e. The smallest absolute Gasteiger partial charge is 0.246 e. The number of pyridine rings is 1. The van der Waals surface area contributed by atoms with Gasteiger partial charge in [-0.1, -0.05) is 18.7 Å². The summed E-state index contributed by atoms with van der Waals surface area (Å²) in [6.45, 7) is 7.36. The van der Waals surface area contributed by atoms with Crippen molar-refractivity contribution in [3.63, 3.8) is 0 Å². The molecule has 0 N–H and O–H groups in total. The molecule has 0 bridgehead atoms. The van der Waals surface area contributed by atoms with Crippen LogP contribution in [0.25, 0.3) is 43.2 Å². The molecule has 230 valence electrons. The molecule has 5 aromatic rings. The van der Waals surface area contributed by atoms with Crippen molar-refractivity contribution in [1.82, 2.24) is 19.8 Å². The average molecular weight is 641 g/mol. The van der Waals surface area contributed by atoms with Gasteiger partial charge in [0.05, 0.1) is 24.5 Å². The third-order valence-electron chi connectivity index (χ3n) is 8.47. The molecule has 0 saturated carbocycles. The average Bonchev–Trinajstić information content (AvgIpc) is 3.71. The fraction of sp³-hybridized carbons (Fsp3) is 0.286. The molecule has 2 aliphatic heterocycles. The number of amides is 1. The van der Waals surface area contributed by atoms with E-state index in [-0.39, 0.29) is 18.3 Å². The Balaban J connectivity index is 1.44. The zero-order valence-corrected chi connectivity index (χ0v) is 26.9. The van der Waals surface area contributed by atoms with E-state index in [2.05, 4.69) is 48.2 Å². The van der Waals surface area contributed by atoms with Crippen molar-refractivity contribution in [3.8, 4) is 38.8 Å². The number of halogens is 1. The second kappa shape index (κ2) is 12.4. The molecule has 0 aliphatic carbocycles. The van der Waals surface area contributed by atoms with Gasteiger partial charge in [0, 0.05) is 70.9 Å². The molecule has 0 spiro atoms. The lowest BCUT2D eigenvalue weighted by Gasteiger charge is -2.25. The number of carbonyl (C=O) groups is 1. The Bertz CT molecular complexity index is 1930. The van der Waals surface area contributed by atoms with Crippen LogP contribution >= 0.6 is 22.7 Å². The molecule has 1 amide bonds. The minimum atomic E-state index is -0.379. The lowest BCUT2D eigenvalue weighted by Crippen LogP contribution is -2.34. The van der Waals surface area contributed by atoms with Gasteiger partial charge in [-0.05, 0) is 60.3 Å². The number of hydrogen-bond donors (Lipinski definition) is 0. The summed E-state index contributed by atoms with van der Waals surface area (Å²) in [5.74, 6) is -0.0323. The molecule has 10 heteroatoms. The topological polar surface area (TPSA) is 67.8 Å². The predicted molar refractivity (Wildman–Crippen MR) is 178 cm³/mol. The van der Waals surface area contributed by atoms with E-state index in [0.717, 1.165) is 73.3 Å². The fourth-order valence-electron chi connectivity index (χ4n) is 6.16. The molecular weight excluding hydrogens is 608 g/mol. The van der Waals surface area contributed by atoms with E-state index >= 15 is 0 Å². The summed E-state index contributed by atoms with van der Waals surface area (Å²) in [6.07, 6.45) is 3.02. The number of fused-ring (bicyclic) bond motifs is 3. The summed E-state index contributed by atoms with van der Waals surface area (Å²) in [4.78, 5) is 28.1. The number of rotatable bonds is 8. The van der Waals surface area contributed by atoms with Gasteiger partial charge in [0.1, 0.15) is 28.9 Å². The highest BCUT2D eigenvalue weighted by Crippen LogP contribution is 2.47. The Morgan fingerprint density at radius 2 is 1.93 bits per heavy atom. The molecule has 0 unspecified atom stereocenters. The number of benzene rings is 2. The van der Waals surface area contributed by atoms with Gasteiger partial charge < -0.3 is 19.3 Å². The van der Waals surface area contributed by atoms with Crippen LogP contribution in [0.2, 0.25) is 0 Å². The lowest BCUT2D eigenvalue weighted by atomic mass is 9.94. The second-order valence-corrected chi connectivity index (χ2v) is 13.4. The Morgan fingerprint density at radius 3 is 2.78 bits per heavy atom. The van der Waals surface area contributed by atoms with Crippen LogP contribution in [0.1, 0.15) is 21.7 Å². The molecule has 45 heavy (non-hydrogen) atoms. The predicted octanol–water partition coefficient (Wildman–Crippen LogP) is 6.98. The lowest BCUT2D eigenvalue weighted by molar-refractivity contribution is -0.126. The minimum absolute atomic E-state index is 0.0838. The van der Waals surface area contributed by atoms with Crippen LogP contribution in [-0.2, 0) is 35.5 Å². The first-order chi connectivity index (χ1) is 21.9. The van der Waals surface area contributed by atoms with Crippen LogP contribution in [0.4, 0.5) is 4.39 Å². The van der Waals surface area contributed by atoms with E-state index in [1.54, 1.807) is 40.7 Å². The SMILES string of the molecule is C=CC(=O)N1CCc2nc(-c3nc(-c4ccc5c(c4)CCN(C)C5)c4ccsc4c3-c3ccc(F)cc3OCCOC)sc2C1. The number of aromatic nitrogens is 2. The summed E-state index contributed by atoms with van der Waals surface area (Å²) in [5, 5.41) is 3.88. The first-order valence-electron chi connectivity index (χ1n) is 15.0. The van der Waals surface area contributed by atoms with E-state index in [0.29, 0.717) is 31.9 Å². The Labute approximate surface area is 269 Å². The number of ether oxygens (including phenoxy) is 2. The van der Waals surface area contributed by atoms with Gasteiger partial charge >= 0.3 is 0 Å². The van der Waals surface area contributed by atoms with Crippen molar-refractivity contribution in [2.75, 3.05) is 40.5 Å². The largest absolute Gasteiger partial charge is 0.490 e. The van der Waals surface area contributed by atoms with Crippen molar-refractivity contribution >= 4 is 38.7 Å². The van der Waals surface area contributed by atoms with Crippen molar-refractivity contribution < 1.29 is 18.7 Å². The molecule has 0 saturated heterocycles. The number of hydrogen-bond acceptors (Lipinski definition) is 8. The van der Waals surface area contributed by atoms with Gasteiger partial charge in [0.2, 0.25) is 5.91 Å². The molecule has 7 rings (SSSR count). The molecule has 0 atom stereocenters. The van der Waals surface area contributed by atoms with Crippen LogP contribution in [0, 0.1) is 5.82 Å². The van der Waals surface area contributed by atoms with Crippen molar-refractivity contribution in [2.24, 2.45) is 0 Å². The summed E-state index contributed by atoms with van der Waals surface area (Å²) in [5.41, 5.74) is 7.98. The normalized spacial score (nSPS) is 14.8. The molecule has 2 aliphatic rings. The maximum Gasteiger partial charge on any atom is 0.246 e. The first kappa shape index (κ1) is 29.7. The zero-order valence-electron chi connectivity index (χ0n) is 25.3. The Kier molecular flexibility index (Phi) is 8.22. The second-order valence-electron chi connectivity index (χ2n) is 11.4. The summed E-state index contributed by atoms with van der Waals surface area (Å²) in [7, 11) is 3.76. The maximum atomic E-state index is 14.6.